The zero-order valence-corrected chi connectivity index (χ0v) is 20.0. The Bertz CT molecular complexity index is 606. The summed E-state index contributed by atoms with van der Waals surface area (Å²) >= 11 is 0. The van der Waals surface area contributed by atoms with Crippen molar-refractivity contribution in [3.63, 3.8) is 0 Å². The predicted octanol–water partition coefficient (Wildman–Crippen LogP) is 5.05. The Morgan fingerprint density at radius 3 is 2.11 bits per heavy atom. The van der Waals surface area contributed by atoms with E-state index in [0.717, 1.165) is 11.3 Å². The van der Waals surface area contributed by atoms with Crippen LogP contribution in [0.4, 0.5) is 0 Å². The first-order valence-corrected chi connectivity index (χ1v) is 12.8. The van der Waals surface area contributed by atoms with Crippen molar-refractivity contribution in [3.05, 3.63) is 29.8 Å². The van der Waals surface area contributed by atoms with E-state index in [9.17, 15) is 4.79 Å². The molecule has 28 heavy (non-hydrogen) atoms. The quantitative estimate of drug-likeness (QED) is 0.399. The summed E-state index contributed by atoms with van der Waals surface area (Å²) in [7, 11) is 1.03. The van der Waals surface area contributed by atoms with Gasteiger partial charge in [0.2, 0.25) is 0 Å². The molecule has 1 aromatic rings. The number of carbonyl (C=O) groups excluding carboxylic acids is 1. The highest BCUT2D eigenvalue weighted by Gasteiger charge is 2.42. The van der Waals surface area contributed by atoms with Crippen LogP contribution in [-0.4, -0.2) is 41.2 Å². The molecule has 0 radical (unpaired) electrons. The zero-order valence-electron chi connectivity index (χ0n) is 19.0. The van der Waals surface area contributed by atoms with Gasteiger partial charge >= 0.3 is 5.97 Å². The molecule has 1 rings (SSSR count). The van der Waals surface area contributed by atoms with Crippen molar-refractivity contribution in [2.24, 2.45) is 11.8 Å². The molecule has 160 valence electrons. The Hall–Kier alpha value is -1.37. The van der Waals surface area contributed by atoms with Crippen molar-refractivity contribution in [2.75, 3.05) is 20.8 Å². The second-order valence-corrected chi connectivity index (χ2v) is 13.8. The molecular formula is C22H38O5Si. The average Bonchev–Trinajstić information content (AvgIpc) is 2.64. The van der Waals surface area contributed by atoms with Gasteiger partial charge in [0, 0.05) is 5.92 Å². The predicted molar refractivity (Wildman–Crippen MR) is 115 cm³/mol. The van der Waals surface area contributed by atoms with E-state index in [2.05, 4.69) is 40.8 Å². The third-order valence-electron chi connectivity index (χ3n) is 5.67. The second kappa shape index (κ2) is 10.4. The van der Waals surface area contributed by atoms with Crippen LogP contribution in [0, 0.1) is 11.8 Å². The summed E-state index contributed by atoms with van der Waals surface area (Å²) in [5, 5.41) is 0.0603. The molecular weight excluding hydrogens is 372 g/mol. The molecule has 0 unspecified atom stereocenters. The monoisotopic (exact) mass is 410 g/mol. The fourth-order valence-corrected chi connectivity index (χ4v) is 4.20. The van der Waals surface area contributed by atoms with Gasteiger partial charge < -0.3 is 18.6 Å². The lowest BCUT2D eigenvalue weighted by Gasteiger charge is -2.42. The smallest absolute Gasteiger partial charge is 0.310 e. The highest BCUT2D eigenvalue weighted by atomic mass is 28.4. The lowest BCUT2D eigenvalue weighted by Crippen LogP contribution is -2.49. The normalized spacial score (nSPS) is 15.6. The lowest BCUT2D eigenvalue weighted by atomic mass is 9.94. The molecule has 3 atom stereocenters. The van der Waals surface area contributed by atoms with Gasteiger partial charge in [-0.25, -0.2) is 0 Å². The minimum absolute atomic E-state index is 0.0569. The number of hydrogen-bond donors (Lipinski definition) is 0. The fourth-order valence-electron chi connectivity index (χ4n) is 2.73. The Labute approximate surface area is 171 Å². The Morgan fingerprint density at radius 1 is 1.07 bits per heavy atom. The van der Waals surface area contributed by atoms with Crippen LogP contribution in [0.25, 0.3) is 0 Å². The molecule has 5 nitrogen and oxygen atoms in total. The molecule has 0 spiro atoms. The fraction of sp³-hybridized carbons (Fsp3) is 0.682. The van der Waals surface area contributed by atoms with E-state index < -0.39 is 8.32 Å². The van der Waals surface area contributed by atoms with Crippen molar-refractivity contribution >= 4 is 14.3 Å². The maximum Gasteiger partial charge on any atom is 0.310 e. The van der Waals surface area contributed by atoms with E-state index >= 15 is 0 Å². The molecule has 0 aromatic heterocycles. The minimum Gasteiger partial charge on any atom is -0.497 e. The van der Waals surface area contributed by atoms with Crippen LogP contribution in [0.5, 0.6) is 5.75 Å². The third kappa shape index (κ3) is 6.90. The summed E-state index contributed by atoms with van der Waals surface area (Å²) in [5.74, 6) is 0.290. The number of benzene rings is 1. The summed E-state index contributed by atoms with van der Waals surface area (Å²) < 4.78 is 22.7. The number of ether oxygens (including phenoxy) is 3. The SMILES string of the molecule is COC(=O)[C@H](C)[C@@H](O[Si](C)(C)C(C)(C)C)[C@@H](C)COCc1ccc(OC)cc1. The van der Waals surface area contributed by atoms with Crippen LogP contribution < -0.4 is 4.74 Å². The summed E-state index contributed by atoms with van der Waals surface area (Å²) in [6, 6.07) is 7.82. The Kier molecular flexibility index (Phi) is 9.18. The van der Waals surface area contributed by atoms with Crippen molar-refractivity contribution < 1.29 is 23.4 Å². The highest BCUT2D eigenvalue weighted by Crippen LogP contribution is 2.39. The number of rotatable bonds is 10. The van der Waals surface area contributed by atoms with Crippen LogP contribution >= 0.6 is 0 Å². The van der Waals surface area contributed by atoms with E-state index in [1.807, 2.05) is 31.2 Å². The van der Waals surface area contributed by atoms with Crippen molar-refractivity contribution in [3.8, 4) is 5.75 Å². The first-order valence-electron chi connectivity index (χ1n) is 9.89. The summed E-state index contributed by atoms with van der Waals surface area (Å²) in [4.78, 5) is 12.2. The van der Waals surface area contributed by atoms with Gasteiger partial charge in [-0.05, 0) is 42.8 Å². The topological polar surface area (TPSA) is 54.0 Å². The Balaban J connectivity index is 2.80. The van der Waals surface area contributed by atoms with Crippen LogP contribution in [0.3, 0.4) is 0 Å². The van der Waals surface area contributed by atoms with E-state index in [-0.39, 0.29) is 28.9 Å². The molecule has 0 aliphatic rings. The number of hydrogen-bond acceptors (Lipinski definition) is 5. The van der Waals surface area contributed by atoms with Gasteiger partial charge in [0.15, 0.2) is 8.32 Å². The highest BCUT2D eigenvalue weighted by molar-refractivity contribution is 6.74. The van der Waals surface area contributed by atoms with Gasteiger partial charge in [0.1, 0.15) is 5.75 Å². The van der Waals surface area contributed by atoms with Crippen molar-refractivity contribution in [1.29, 1.82) is 0 Å². The molecule has 0 fully saturated rings. The molecule has 0 bridgehead atoms. The Morgan fingerprint density at radius 2 is 1.64 bits per heavy atom. The van der Waals surface area contributed by atoms with Crippen LogP contribution in [0.1, 0.15) is 40.2 Å². The van der Waals surface area contributed by atoms with Crippen LogP contribution in [0.2, 0.25) is 18.1 Å². The maximum atomic E-state index is 12.2. The molecule has 0 heterocycles. The van der Waals surface area contributed by atoms with Gasteiger partial charge in [-0.2, -0.15) is 0 Å². The number of methoxy groups -OCH3 is 2. The maximum absolute atomic E-state index is 12.2. The van der Waals surface area contributed by atoms with E-state index in [1.165, 1.54) is 7.11 Å². The summed E-state index contributed by atoms with van der Waals surface area (Å²) in [6.45, 7) is 16.0. The molecule has 1 aromatic carbocycles. The first-order chi connectivity index (χ1) is 12.9. The third-order valence-corrected chi connectivity index (χ3v) is 10.1. The van der Waals surface area contributed by atoms with E-state index in [0.29, 0.717) is 13.2 Å². The van der Waals surface area contributed by atoms with Gasteiger partial charge in [0.25, 0.3) is 0 Å². The standard InChI is InChI=1S/C22H38O5Si/c1-16(14-26-15-18-10-12-19(24-6)13-11-18)20(17(2)21(23)25-7)27-28(8,9)22(3,4)5/h10-13,16-17,20H,14-15H2,1-9H3/t16-,17+,20-/m0/s1. The largest absolute Gasteiger partial charge is 0.497 e. The van der Waals surface area contributed by atoms with Gasteiger partial charge in [-0.15, -0.1) is 0 Å². The molecule has 0 aliphatic carbocycles. The van der Waals surface area contributed by atoms with Gasteiger partial charge in [0.05, 0.1) is 39.5 Å². The molecule has 0 aliphatic heterocycles. The molecule has 0 saturated heterocycles. The van der Waals surface area contributed by atoms with E-state index in [4.69, 9.17) is 18.6 Å². The van der Waals surface area contributed by atoms with Crippen LogP contribution in [-0.2, 0) is 25.3 Å². The molecule has 0 amide bonds. The average molecular weight is 411 g/mol. The van der Waals surface area contributed by atoms with E-state index in [1.54, 1.807) is 7.11 Å². The van der Waals surface area contributed by atoms with Crippen molar-refractivity contribution in [2.45, 2.75) is 65.5 Å². The molecule has 0 saturated carbocycles. The number of carbonyl (C=O) groups is 1. The first kappa shape index (κ1) is 24.7. The minimum atomic E-state index is -2.04. The zero-order chi connectivity index (χ0) is 21.5. The van der Waals surface area contributed by atoms with Gasteiger partial charge in [-0.3, -0.25) is 4.79 Å². The van der Waals surface area contributed by atoms with Crippen LogP contribution in [0.15, 0.2) is 24.3 Å². The summed E-state index contributed by atoms with van der Waals surface area (Å²) in [5.41, 5.74) is 1.08. The number of esters is 1. The molecule has 0 N–H and O–H groups in total. The van der Waals surface area contributed by atoms with Gasteiger partial charge in [-0.1, -0.05) is 39.8 Å². The lowest BCUT2D eigenvalue weighted by molar-refractivity contribution is -0.149. The van der Waals surface area contributed by atoms with Crippen molar-refractivity contribution in [1.82, 2.24) is 0 Å². The summed E-state index contributed by atoms with van der Waals surface area (Å²) in [6.07, 6.45) is -0.246. The molecule has 6 heteroatoms. The second-order valence-electron chi connectivity index (χ2n) is 9.00.